The second kappa shape index (κ2) is 4.76. The summed E-state index contributed by atoms with van der Waals surface area (Å²) in [7, 11) is 0. The van der Waals surface area contributed by atoms with Gasteiger partial charge in [0.1, 0.15) is 5.82 Å². The summed E-state index contributed by atoms with van der Waals surface area (Å²) >= 11 is 0. The van der Waals surface area contributed by atoms with Crippen molar-refractivity contribution in [3.05, 3.63) is 29.6 Å². The maximum Gasteiger partial charge on any atom is 0.229 e. The number of nitrogens with zero attached hydrogens (tertiary/aromatic N) is 1. The van der Waals surface area contributed by atoms with E-state index in [0.717, 1.165) is 4.90 Å². The molecule has 1 heterocycles. The number of piperidine rings is 1. The predicted octanol–water partition coefficient (Wildman–Crippen LogP) is 1.69. The van der Waals surface area contributed by atoms with Crippen molar-refractivity contribution in [2.45, 2.75) is 26.3 Å². The van der Waals surface area contributed by atoms with Crippen molar-refractivity contribution in [3.8, 4) is 0 Å². The lowest BCUT2D eigenvalue weighted by Crippen LogP contribution is -2.42. The van der Waals surface area contributed by atoms with Crippen molar-refractivity contribution in [1.82, 2.24) is 4.90 Å². The van der Waals surface area contributed by atoms with Crippen LogP contribution in [-0.2, 0) is 16.1 Å². The zero-order chi connectivity index (χ0) is 13.3. The van der Waals surface area contributed by atoms with E-state index in [4.69, 9.17) is 5.73 Å². The van der Waals surface area contributed by atoms with Crippen LogP contribution in [-0.4, -0.2) is 16.7 Å². The fourth-order valence-corrected chi connectivity index (χ4v) is 2.07. The third kappa shape index (κ3) is 2.50. The van der Waals surface area contributed by atoms with Crippen LogP contribution in [0, 0.1) is 11.7 Å². The van der Waals surface area contributed by atoms with Gasteiger partial charge in [-0.1, -0.05) is 13.0 Å². The van der Waals surface area contributed by atoms with Gasteiger partial charge in [-0.25, -0.2) is 4.39 Å². The Hall–Kier alpha value is -1.91. The summed E-state index contributed by atoms with van der Waals surface area (Å²) in [5.74, 6) is -0.906. The molecule has 96 valence electrons. The first-order valence-corrected chi connectivity index (χ1v) is 5.84. The maximum atomic E-state index is 13.6. The second-order valence-electron chi connectivity index (χ2n) is 4.74. The van der Waals surface area contributed by atoms with E-state index in [1.54, 1.807) is 6.07 Å². The van der Waals surface area contributed by atoms with Crippen LogP contribution in [0.15, 0.2) is 18.2 Å². The number of benzene rings is 1. The number of anilines is 1. The van der Waals surface area contributed by atoms with Crippen LogP contribution in [0.1, 0.15) is 25.3 Å². The standard InChI is InChI=1S/C13H15FN2O2/c1-8-4-12(17)16(13(18)5-8)7-9-2-3-10(15)6-11(9)14/h2-3,6,8H,4-5,7,15H2,1H3. The molecular formula is C13H15FN2O2. The minimum atomic E-state index is -0.491. The van der Waals surface area contributed by atoms with Crippen LogP contribution >= 0.6 is 0 Å². The van der Waals surface area contributed by atoms with E-state index in [9.17, 15) is 14.0 Å². The monoisotopic (exact) mass is 250 g/mol. The number of amides is 2. The molecule has 0 radical (unpaired) electrons. The molecule has 0 spiro atoms. The molecule has 1 aliphatic heterocycles. The van der Waals surface area contributed by atoms with E-state index >= 15 is 0 Å². The third-order valence-corrected chi connectivity index (χ3v) is 3.05. The van der Waals surface area contributed by atoms with Gasteiger partial charge >= 0.3 is 0 Å². The van der Waals surface area contributed by atoms with Gasteiger partial charge in [-0.05, 0) is 18.1 Å². The van der Waals surface area contributed by atoms with Gasteiger partial charge in [-0.3, -0.25) is 14.5 Å². The van der Waals surface area contributed by atoms with Gasteiger partial charge in [-0.15, -0.1) is 0 Å². The lowest BCUT2D eigenvalue weighted by atomic mass is 9.97. The van der Waals surface area contributed by atoms with Gasteiger partial charge in [0.2, 0.25) is 11.8 Å². The fourth-order valence-electron chi connectivity index (χ4n) is 2.07. The van der Waals surface area contributed by atoms with Crippen molar-refractivity contribution in [2.24, 2.45) is 5.92 Å². The summed E-state index contributed by atoms with van der Waals surface area (Å²) in [5.41, 5.74) is 6.07. The van der Waals surface area contributed by atoms with E-state index < -0.39 is 5.82 Å². The zero-order valence-electron chi connectivity index (χ0n) is 10.1. The van der Waals surface area contributed by atoms with Crippen LogP contribution in [0.4, 0.5) is 10.1 Å². The lowest BCUT2D eigenvalue weighted by Gasteiger charge is -2.28. The number of hydrogen-bond donors (Lipinski definition) is 1. The maximum absolute atomic E-state index is 13.6. The average molecular weight is 250 g/mol. The Kier molecular flexibility index (Phi) is 3.32. The van der Waals surface area contributed by atoms with Crippen LogP contribution < -0.4 is 5.73 Å². The molecule has 4 nitrogen and oxygen atoms in total. The van der Waals surface area contributed by atoms with Crippen molar-refractivity contribution in [2.75, 3.05) is 5.73 Å². The summed E-state index contributed by atoms with van der Waals surface area (Å²) < 4.78 is 13.6. The lowest BCUT2D eigenvalue weighted by molar-refractivity contribution is -0.150. The smallest absolute Gasteiger partial charge is 0.229 e. The van der Waals surface area contributed by atoms with Crippen molar-refractivity contribution in [3.63, 3.8) is 0 Å². The fraction of sp³-hybridized carbons (Fsp3) is 0.385. The van der Waals surface area contributed by atoms with Crippen LogP contribution in [0.5, 0.6) is 0 Å². The molecule has 0 aromatic heterocycles. The van der Waals surface area contributed by atoms with Gasteiger partial charge in [0.15, 0.2) is 0 Å². The number of nitrogen functional groups attached to an aromatic ring is 1. The van der Waals surface area contributed by atoms with Gasteiger partial charge in [0.05, 0.1) is 6.54 Å². The van der Waals surface area contributed by atoms with Crippen molar-refractivity contribution in [1.29, 1.82) is 0 Å². The minimum absolute atomic E-state index is 0.0174. The van der Waals surface area contributed by atoms with Crippen LogP contribution in [0.25, 0.3) is 0 Å². The quantitative estimate of drug-likeness (QED) is 0.641. The Labute approximate surface area is 105 Å². The predicted molar refractivity (Wildman–Crippen MR) is 64.8 cm³/mol. The summed E-state index contributed by atoms with van der Waals surface area (Å²) in [6, 6.07) is 4.25. The molecule has 2 rings (SSSR count). The molecule has 0 atom stereocenters. The molecule has 0 unspecified atom stereocenters. The number of carbonyl (C=O) groups excluding carboxylic acids is 2. The molecule has 1 saturated heterocycles. The van der Waals surface area contributed by atoms with Gasteiger partial charge < -0.3 is 5.73 Å². The first-order valence-electron chi connectivity index (χ1n) is 5.84. The topological polar surface area (TPSA) is 63.4 Å². The van der Waals surface area contributed by atoms with Gasteiger partial charge in [-0.2, -0.15) is 0 Å². The second-order valence-corrected chi connectivity index (χ2v) is 4.74. The van der Waals surface area contributed by atoms with E-state index in [1.807, 2.05) is 6.92 Å². The number of likely N-dealkylation sites (tertiary alicyclic amines) is 1. The highest BCUT2D eigenvalue weighted by Crippen LogP contribution is 2.22. The normalized spacial score (nSPS) is 17.3. The molecule has 0 aliphatic carbocycles. The summed E-state index contributed by atoms with van der Waals surface area (Å²) in [4.78, 5) is 24.6. The van der Waals surface area contributed by atoms with Crippen LogP contribution in [0.3, 0.4) is 0 Å². The average Bonchev–Trinajstić information content (AvgIpc) is 2.25. The molecule has 1 aromatic carbocycles. The van der Waals surface area contributed by atoms with Gasteiger partial charge in [0.25, 0.3) is 0 Å². The van der Waals surface area contributed by atoms with Crippen molar-refractivity contribution < 1.29 is 14.0 Å². The Bertz CT molecular complexity index is 484. The summed E-state index contributed by atoms with van der Waals surface area (Å²) in [5, 5.41) is 0. The van der Waals surface area contributed by atoms with Crippen LogP contribution in [0.2, 0.25) is 0 Å². The molecule has 1 aliphatic rings. The van der Waals surface area contributed by atoms with E-state index in [0.29, 0.717) is 24.1 Å². The molecule has 2 N–H and O–H groups in total. The summed E-state index contributed by atoms with van der Waals surface area (Å²) in [6.45, 7) is 1.84. The highest BCUT2D eigenvalue weighted by atomic mass is 19.1. The SMILES string of the molecule is CC1CC(=O)N(Cc2ccc(N)cc2F)C(=O)C1. The molecule has 5 heteroatoms. The zero-order valence-corrected chi connectivity index (χ0v) is 10.1. The molecule has 2 amide bonds. The molecule has 0 saturated carbocycles. The first kappa shape index (κ1) is 12.5. The number of imide groups is 1. The van der Waals surface area contributed by atoms with E-state index in [-0.39, 0.29) is 24.3 Å². The Morgan fingerprint density at radius 2 is 1.94 bits per heavy atom. The Balaban J connectivity index is 2.18. The number of halogens is 1. The highest BCUT2D eigenvalue weighted by molar-refractivity contribution is 5.97. The molecule has 1 fully saturated rings. The first-order chi connectivity index (χ1) is 8.47. The molecule has 0 bridgehead atoms. The largest absolute Gasteiger partial charge is 0.399 e. The molecule has 1 aromatic rings. The number of rotatable bonds is 2. The highest BCUT2D eigenvalue weighted by Gasteiger charge is 2.30. The van der Waals surface area contributed by atoms with E-state index in [1.165, 1.54) is 12.1 Å². The molecular weight excluding hydrogens is 235 g/mol. The third-order valence-electron chi connectivity index (χ3n) is 3.05. The summed E-state index contributed by atoms with van der Waals surface area (Å²) in [6.07, 6.45) is 0.671. The van der Waals surface area contributed by atoms with E-state index in [2.05, 4.69) is 0 Å². The Morgan fingerprint density at radius 1 is 1.33 bits per heavy atom. The minimum Gasteiger partial charge on any atom is -0.399 e. The van der Waals surface area contributed by atoms with Gasteiger partial charge in [0, 0.05) is 24.1 Å². The van der Waals surface area contributed by atoms with Crippen molar-refractivity contribution >= 4 is 17.5 Å². The Morgan fingerprint density at radius 3 is 2.50 bits per heavy atom. The number of hydrogen-bond acceptors (Lipinski definition) is 3. The molecule has 18 heavy (non-hydrogen) atoms. The number of carbonyl (C=O) groups is 2. The number of nitrogens with two attached hydrogens (primary N) is 1.